The zero-order chi connectivity index (χ0) is 30.0. The van der Waals surface area contributed by atoms with E-state index in [0.29, 0.717) is 62.9 Å². The van der Waals surface area contributed by atoms with Crippen LogP contribution in [0, 0.1) is 0 Å². The van der Waals surface area contributed by atoms with Crippen molar-refractivity contribution >= 4 is 11.9 Å². The van der Waals surface area contributed by atoms with Crippen LogP contribution in [0.4, 0.5) is 0 Å². The molecule has 0 aliphatic carbocycles. The van der Waals surface area contributed by atoms with Gasteiger partial charge in [-0.2, -0.15) is 0 Å². The van der Waals surface area contributed by atoms with Gasteiger partial charge in [-0.15, -0.1) is 0 Å². The van der Waals surface area contributed by atoms with Gasteiger partial charge in [0.25, 0.3) is 0 Å². The van der Waals surface area contributed by atoms with E-state index in [0.717, 1.165) is 25.7 Å². The predicted octanol–water partition coefficient (Wildman–Crippen LogP) is 9.02. The third-order valence-corrected chi connectivity index (χ3v) is 7.96. The molecule has 0 bridgehead atoms. The van der Waals surface area contributed by atoms with E-state index in [1.807, 2.05) is 27.7 Å². The lowest BCUT2D eigenvalue weighted by Crippen LogP contribution is -2.21. The third kappa shape index (κ3) is 13.9. The molecule has 0 aromatic heterocycles. The molecule has 0 aliphatic heterocycles. The largest absolute Gasteiger partial charge is 0.508 e. The van der Waals surface area contributed by atoms with Gasteiger partial charge in [-0.05, 0) is 61.5 Å². The second-order valence-electron chi connectivity index (χ2n) is 12.6. The van der Waals surface area contributed by atoms with E-state index in [2.05, 4.69) is 13.8 Å². The maximum atomic E-state index is 12.1. The number of carbonyl (C=O) groups is 2. The summed E-state index contributed by atoms with van der Waals surface area (Å²) in [7, 11) is 0. The fourth-order valence-corrected chi connectivity index (χ4v) is 5.21. The van der Waals surface area contributed by atoms with Gasteiger partial charge in [0.05, 0.1) is 13.2 Å². The fraction of sp³-hybridized carbons (Fsp3) is 0.765. The van der Waals surface area contributed by atoms with Crippen molar-refractivity contribution in [2.75, 3.05) is 13.2 Å². The summed E-state index contributed by atoms with van der Waals surface area (Å²) in [6.45, 7) is 13.4. The molecular formula is C34H58O6. The van der Waals surface area contributed by atoms with Gasteiger partial charge in [0, 0.05) is 24.0 Å². The van der Waals surface area contributed by atoms with Crippen LogP contribution in [0.3, 0.4) is 0 Å². The highest BCUT2D eigenvalue weighted by Crippen LogP contribution is 2.43. The Labute approximate surface area is 244 Å². The smallest absolute Gasteiger partial charge is 0.305 e. The van der Waals surface area contributed by atoms with Gasteiger partial charge in [-0.25, -0.2) is 0 Å². The summed E-state index contributed by atoms with van der Waals surface area (Å²) in [4.78, 5) is 24.2. The van der Waals surface area contributed by atoms with Crippen molar-refractivity contribution in [1.82, 2.24) is 0 Å². The summed E-state index contributed by atoms with van der Waals surface area (Å²) in [5, 5.41) is 21.9. The summed E-state index contributed by atoms with van der Waals surface area (Å²) >= 11 is 0. The first kappa shape index (κ1) is 35.8. The van der Waals surface area contributed by atoms with Crippen LogP contribution in [-0.4, -0.2) is 35.4 Å². The molecule has 0 saturated carbocycles. The maximum Gasteiger partial charge on any atom is 0.305 e. The molecule has 0 spiro atoms. The number of unbranched alkanes of at least 4 members (excludes halogenated alkanes) is 8. The van der Waals surface area contributed by atoms with Gasteiger partial charge in [-0.1, -0.05) is 92.9 Å². The first-order chi connectivity index (χ1) is 18.9. The number of phenols is 2. The first-order valence-corrected chi connectivity index (χ1v) is 15.8. The average Bonchev–Trinajstić information content (AvgIpc) is 2.89. The lowest BCUT2D eigenvalue weighted by Gasteiger charge is -2.30. The topological polar surface area (TPSA) is 93.1 Å². The Morgan fingerprint density at radius 1 is 0.600 bits per heavy atom. The molecule has 0 radical (unpaired) electrons. The van der Waals surface area contributed by atoms with Crippen LogP contribution in [0.5, 0.6) is 11.5 Å². The van der Waals surface area contributed by atoms with E-state index in [1.165, 1.54) is 38.5 Å². The molecule has 6 nitrogen and oxygen atoms in total. The number of ether oxygens (including phenoxy) is 2. The summed E-state index contributed by atoms with van der Waals surface area (Å²) in [5.74, 6) is -0.0661. The summed E-state index contributed by atoms with van der Waals surface area (Å²) in [5.41, 5.74) is 0.475. The Balaban J connectivity index is 2.56. The van der Waals surface area contributed by atoms with Crippen LogP contribution in [0.25, 0.3) is 0 Å². The van der Waals surface area contributed by atoms with Crippen LogP contribution in [0.15, 0.2) is 12.1 Å². The first-order valence-electron chi connectivity index (χ1n) is 15.8. The monoisotopic (exact) mass is 562 g/mol. The van der Waals surface area contributed by atoms with Crippen LogP contribution in [0.1, 0.15) is 155 Å². The highest BCUT2D eigenvalue weighted by Gasteiger charge is 2.30. The van der Waals surface area contributed by atoms with E-state index >= 15 is 0 Å². The molecular weight excluding hydrogens is 504 g/mol. The second kappa shape index (κ2) is 19.0. The number of carbonyl (C=O) groups excluding carboxylic acids is 2. The molecule has 0 aliphatic rings. The van der Waals surface area contributed by atoms with E-state index in [9.17, 15) is 19.8 Å². The van der Waals surface area contributed by atoms with Crippen molar-refractivity contribution in [3.05, 3.63) is 23.3 Å². The minimum absolute atomic E-state index is 0.142. The zero-order valence-electron chi connectivity index (χ0n) is 26.4. The number of esters is 2. The van der Waals surface area contributed by atoms with Crippen LogP contribution < -0.4 is 0 Å². The Bertz CT molecular complexity index is 802. The van der Waals surface area contributed by atoms with E-state index in [-0.39, 0.29) is 23.4 Å². The van der Waals surface area contributed by atoms with Crippen LogP contribution >= 0.6 is 0 Å². The van der Waals surface area contributed by atoms with Gasteiger partial charge in [0.1, 0.15) is 11.5 Å². The molecule has 6 heteroatoms. The van der Waals surface area contributed by atoms with Crippen molar-refractivity contribution in [3.63, 3.8) is 0 Å². The normalized spacial score (nSPS) is 11.9. The molecule has 0 saturated heterocycles. The van der Waals surface area contributed by atoms with E-state index < -0.39 is 10.8 Å². The predicted molar refractivity (Wildman–Crippen MR) is 163 cm³/mol. The van der Waals surface area contributed by atoms with Crippen molar-refractivity contribution in [2.45, 2.75) is 155 Å². The Hall–Kier alpha value is -2.24. The van der Waals surface area contributed by atoms with Gasteiger partial charge in [0.15, 0.2) is 0 Å². The maximum absolute atomic E-state index is 12.1. The van der Waals surface area contributed by atoms with Crippen molar-refractivity contribution in [1.29, 1.82) is 0 Å². The number of benzene rings is 1. The Morgan fingerprint density at radius 2 is 0.950 bits per heavy atom. The molecule has 0 fully saturated rings. The number of phenolic OH excluding ortho intramolecular Hbond substituents is 2. The molecule has 0 unspecified atom stereocenters. The van der Waals surface area contributed by atoms with E-state index in [4.69, 9.17) is 9.47 Å². The molecule has 1 aromatic rings. The molecule has 40 heavy (non-hydrogen) atoms. The molecule has 0 atom stereocenters. The molecule has 1 aromatic carbocycles. The quantitative estimate of drug-likeness (QED) is 0.0832. The Morgan fingerprint density at radius 3 is 1.30 bits per heavy atom. The Kier molecular flexibility index (Phi) is 17.0. The minimum Gasteiger partial charge on any atom is -0.508 e. The summed E-state index contributed by atoms with van der Waals surface area (Å²) in [6, 6.07) is 3.32. The van der Waals surface area contributed by atoms with Crippen molar-refractivity contribution < 1.29 is 29.3 Å². The molecule has 0 heterocycles. The number of aromatic hydroxyl groups is 2. The fourth-order valence-electron chi connectivity index (χ4n) is 5.21. The highest BCUT2D eigenvalue weighted by molar-refractivity contribution is 5.69. The standard InChI is InChI=1S/C34H58O6/c1-7-9-11-13-15-23-39-31(37)19-17-21-33(3,4)27-25-30(36)28(26-29(27)35)34(5,6)22-18-20-32(38)40-24-16-14-12-10-8-2/h25-26,35-36H,7-24H2,1-6H3. The number of rotatable bonds is 22. The summed E-state index contributed by atoms with van der Waals surface area (Å²) in [6.07, 6.45) is 14.5. The van der Waals surface area contributed by atoms with Gasteiger partial charge >= 0.3 is 11.9 Å². The minimum atomic E-state index is -0.426. The van der Waals surface area contributed by atoms with Gasteiger partial charge in [0.2, 0.25) is 0 Å². The highest BCUT2D eigenvalue weighted by atomic mass is 16.5. The third-order valence-electron chi connectivity index (χ3n) is 7.96. The number of hydrogen-bond acceptors (Lipinski definition) is 6. The number of hydrogen-bond donors (Lipinski definition) is 2. The molecule has 230 valence electrons. The molecule has 1 rings (SSSR count). The van der Waals surface area contributed by atoms with E-state index in [1.54, 1.807) is 12.1 Å². The lowest BCUT2D eigenvalue weighted by atomic mass is 9.75. The van der Waals surface area contributed by atoms with Gasteiger partial charge < -0.3 is 19.7 Å². The van der Waals surface area contributed by atoms with Crippen molar-refractivity contribution in [3.8, 4) is 11.5 Å². The zero-order valence-corrected chi connectivity index (χ0v) is 26.4. The summed E-state index contributed by atoms with van der Waals surface area (Å²) < 4.78 is 10.7. The lowest BCUT2D eigenvalue weighted by molar-refractivity contribution is -0.144. The molecule has 0 amide bonds. The SMILES string of the molecule is CCCCCCCOC(=O)CCCC(C)(C)c1cc(O)c(C(C)(C)CCCC(=O)OCCCCCCC)cc1O. The van der Waals surface area contributed by atoms with Gasteiger partial charge in [-0.3, -0.25) is 9.59 Å². The van der Waals surface area contributed by atoms with Crippen LogP contribution in [0.2, 0.25) is 0 Å². The second-order valence-corrected chi connectivity index (χ2v) is 12.6. The van der Waals surface area contributed by atoms with Crippen molar-refractivity contribution in [2.24, 2.45) is 0 Å². The molecule has 2 N–H and O–H groups in total. The van der Waals surface area contributed by atoms with Crippen LogP contribution in [-0.2, 0) is 29.9 Å². The average molecular weight is 563 g/mol.